The van der Waals surface area contributed by atoms with Crippen LogP contribution in [0.3, 0.4) is 0 Å². The molecule has 0 saturated carbocycles. The highest BCUT2D eigenvalue weighted by Crippen LogP contribution is 2.43. The summed E-state index contributed by atoms with van der Waals surface area (Å²) in [6, 6.07) is 13.1. The second-order valence-electron chi connectivity index (χ2n) is 5.01. The summed E-state index contributed by atoms with van der Waals surface area (Å²) >= 11 is 1.76. The summed E-state index contributed by atoms with van der Waals surface area (Å²) in [5.74, 6) is 0.697. The maximum atomic E-state index is 13.6. The molecule has 0 unspecified atom stereocenters. The Balaban J connectivity index is 2.10. The number of aryl methyl sites for hydroxylation is 1. The average Bonchev–Trinajstić information content (AvgIpc) is 2.47. The molecule has 20 heavy (non-hydrogen) atoms. The van der Waals surface area contributed by atoms with E-state index in [9.17, 15) is 4.39 Å². The van der Waals surface area contributed by atoms with Crippen molar-refractivity contribution in [2.75, 3.05) is 0 Å². The number of fused-ring (bicyclic) bond motifs is 4. The van der Waals surface area contributed by atoms with Gasteiger partial charge in [0.2, 0.25) is 0 Å². The van der Waals surface area contributed by atoms with E-state index in [1.54, 1.807) is 17.8 Å². The normalized spacial score (nSPS) is 13.1. The van der Waals surface area contributed by atoms with Gasteiger partial charge in [0.05, 0.1) is 11.2 Å². The largest absolute Gasteiger partial charge is 0.247 e. The van der Waals surface area contributed by atoms with Crippen LogP contribution in [0.2, 0.25) is 0 Å². The van der Waals surface area contributed by atoms with Crippen LogP contribution in [-0.2, 0) is 5.75 Å². The van der Waals surface area contributed by atoms with Crippen molar-refractivity contribution in [3.8, 4) is 11.3 Å². The summed E-state index contributed by atoms with van der Waals surface area (Å²) < 4.78 is 13.6. The van der Waals surface area contributed by atoms with E-state index in [4.69, 9.17) is 4.98 Å². The summed E-state index contributed by atoms with van der Waals surface area (Å²) in [6.07, 6.45) is 0. The lowest BCUT2D eigenvalue weighted by Crippen LogP contribution is -2.03. The van der Waals surface area contributed by atoms with Crippen LogP contribution in [0, 0.1) is 12.7 Å². The van der Waals surface area contributed by atoms with E-state index >= 15 is 0 Å². The molecule has 0 N–H and O–H groups in total. The molecule has 4 rings (SSSR count). The quantitative estimate of drug-likeness (QED) is 0.578. The van der Waals surface area contributed by atoms with Gasteiger partial charge in [0.15, 0.2) is 0 Å². The number of benzene rings is 2. The van der Waals surface area contributed by atoms with Crippen molar-refractivity contribution in [2.45, 2.75) is 17.6 Å². The number of para-hydroxylation sites is 1. The van der Waals surface area contributed by atoms with E-state index in [0.717, 1.165) is 27.4 Å². The molecule has 1 nitrogen and oxygen atoms in total. The number of halogens is 1. The monoisotopic (exact) mass is 281 g/mol. The molecule has 0 atom stereocenters. The fourth-order valence-corrected chi connectivity index (χ4v) is 3.91. The van der Waals surface area contributed by atoms with Gasteiger partial charge < -0.3 is 0 Å². The summed E-state index contributed by atoms with van der Waals surface area (Å²) in [4.78, 5) is 5.89. The third-order valence-electron chi connectivity index (χ3n) is 3.85. The number of rotatable bonds is 0. The average molecular weight is 281 g/mol. The maximum absolute atomic E-state index is 13.6. The molecule has 0 amide bonds. The smallest absolute Gasteiger partial charge is 0.123 e. The third-order valence-corrected chi connectivity index (χ3v) is 4.95. The minimum atomic E-state index is -0.204. The van der Waals surface area contributed by atoms with E-state index < -0.39 is 0 Å². The second kappa shape index (κ2) is 4.32. The zero-order valence-corrected chi connectivity index (χ0v) is 11.8. The molecule has 1 aromatic heterocycles. The van der Waals surface area contributed by atoms with Gasteiger partial charge in [0.1, 0.15) is 5.82 Å². The molecular weight excluding hydrogens is 269 g/mol. The van der Waals surface area contributed by atoms with Crippen LogP contribution in [0.15, 0.2) is 47.4 Å². The van der Waals surface area contributed by atoms with Gasteiger partial charge >= 0.3 is 0 Å². The SMILES string of the molecule is Cc1c2c(nc3ccccc13)-c1cc(F)ccc1SC2. The number of thioether (sulfide) groups is 1. The molecule has 1 aliphatic heterocycles. The van der Waals surface area contributed by atoms with E-state index in [-0.39, 0.29) is 5.82 Å². The molecule has 0 spiro atoms. The van der Waals surface area contributed by atoms with Crippen molar-refractivity contribution in [1.29, 1.82) is 0 Å². The van der Waals surface area contributed by atoms with Crippen LogP contribution < -0.4 is 0 Å². The number of aromatic nitrogens is 1. The van der Waals surface area contributed by atoms with Crippen LogP contribution in [0.1, 0.15) is 11.1 Å². The van der Waals surface area contributed by atoms with Crippen LogP contribution >= 0.6 is 11.8 Å². The molecule has 3 heteroatoms. The van der Waals surface area contributed by atoms with Crippen molar-refractivity contribution < 1.29 is 4.39 Å². The first-order valence-electron chi connectivity index (χ1n) is 6.55. The lowest BCUT2D eigenvalue weighted by atomic mass is 9.98. The molecule has 0 fully saturated rings. The third kappa shape index (κ3) is 1.66. The van der Waals surface area contributed by atoms with Gasteiger partial charge in [0, 0.05) is 21.6 Å². The van der Waals surface area contributed by atoms with Gasteiger partial charge in [-0.3, -0.25) is 0 Å². The van der Waals surface area contributed by atoms with Crippen molar-refractivity contribution in [2.24, 2.45) is 0 Å². The van der Waals surface area contributed by atoms with Crippen molar-refractivity contribution in [3.63, 3.8) is 0 Å². The fourth-order valence-electron chi connectivity index (χ4n) is 2.78. The van der Waals surface area contributed by atoms with E-state index in [2.05, 4.69) is 13.0 Å². The van der Waals surface area contributed by atoms with E-state index in [1.165, 1.54) is 22.6 Å². The zero-order chi connectivity index (χ0) is 13.7. The second-order valence-corrected chi connectivity index (χ2v) is 6.03. The Hall–Kier alpha value is -1.87. The van der Waals surface area contributed by atoms with Gasteiger partial charge in [-0.15, -0.1) is 11.8 Å². The summed E-state index contributed by atoms with van der Waals surface area (Å²) in [7, 11) is 0. The summed E-state index contributed by atoms with van der Waals surface area (Å²) in [5.41, 5.74) is 5.32. The Morgan fingerprint density at radius 2 is 2.00 bits per heavy atom. The highest BCUT2D eigenvalue weighted by molar-refractivity contribution is 7.98. The Morgan fingerprint density at radius 1 is 1.15 bits per heavy atom. The molecule has 2 heterocycles. The molecule has 98 valence electrons. The summed E-state index contributed by atoms with van der Waals surface area (Å²) in [6.45, 7) is 2.13. The van der Waals surface area contributed by atoms with Crippen molar-refractivity contribution >= 4 is 22.7 Å². The number of nitrogens with zero attached hydrogens (tertiary/aromatic N) is 1. The van der Waals surface area contributed by atoms with Gasteiger partial charge in [-0.2, -0.15) is 0 Å². The minimum Gasteiger partial charge on any atom is -0.247 e. The van der Waals surface area contributed by atoms with Crippen LogP contribution in [-0.4, -0.2) is 4.98 Å². The lowest BCUT2D eigenvalue weighted by molar-refractivity contribution is 0.627. The fraction of sp³-hybridized carbons (Fsp3) is 0.118. The van der Waals surface area contributed by atoms with Crippen LogP contribution in [0.25, 0.3) is 22.2 Å². The van der Waals surface area contributed by atoms with E-state index in [0.29, 0.717) is 0 Å². The van der Waals surface area contributed by atoms with Crippen LogP contribution in [0.5, 0.6) is 0 Å². The predicted octanol–water partition coefficient (Wildman–Crippen LogP) is 4.96. The molecule has 0 radical (unpaired) electrons. The number of hydrogen-bond acceptors (Lipinski definition) is 2. The molecule has 3 aromatic rings. The van der Waals surface area contributed by atoms with E-state index in [1.807, 2.05) is 24.3 Å². The Bertz CT molecular complexity index is 842. The lowest BCUT2D eigenvalue weighted by Gasteiger charge is -2.21. The highest BCUT2D eigenvalue weighted by atomic mass is 32.2. The first kappa shape index (κ1) is 11.9. The standard InChI is InChI=1S/C17H12FNS/c1-10-12-4-2-3-5-15(12)19-17-13-8-11(18)6-7-16(13)20-9-14(10)17/h2-8H,9H2,1H3. The Kier molecular flexibility index (Phi) is 2.57. The maximum Gasteiger partial charge on any atom is 0.123 e. The molecule has 0 saturated heterocycles. The first-order valence-corrected chi connectivity index (χ1v) is 7.53. The Labute approximate surface area is 120 Å². The molecule has 0 aliphatic carbocycles. The van der Waals surface area contributed by atoms with Gasteiger partial charge in [0.25, 0.3) is 0 Å². The molecule has 1 aliphatic rings. The van der Waals surface area contributed by atoms with Gasteiger partial charge in [-0.1, -0.05) is 18.2 Å². The molecule has 2 aromatic carbocycles. The van der Waals surface area contributed by atoms with Crippen molar-refractivity contribution in [3.05, 3.63) is 59.4 Å². The minimum absolute atomic E-state index is 0.204. The van der Waals surface area contributed by atoms with Gasteiger partial charge in [-0.05, 0) is 42.3 Å². The van der Waals surface area contributed by atoms with Crippen molar-refractivity contribution in [1.82, 2.24) is 4.98 Å². The Morgan fingerprint density at radius 3 is 2.90 bits per heavy atom. The number of pyridine rings is 1. The predicted molar refractivity (Wildman–Crippen MR) is 81.4 cm³/mol. The zero-order valence-electron chi connectivity index (χ0n) is 11.0. The van der Waals surface area contributed by atoms with Gasteiger partial charge in [-0.25, -0.2) is 9.37 Å². The molecular formula is C17H12FNS. The number of hydrogen-bond donors (Lipinski definition) is 0. The van der Waals surface area contributed by atoms with Crippen LogP contribution in [0.4, 0.5) is 4.39 Å². The molecule has 0 bridgehead atoms. The summed E-state index contributed by atoms with van der Waals surface area (Å²) in [5, 5.41) is 1.19. The highest BCUT2D eigenvalue weighted by Gasteiger charge is 2.21. The topological polar surface area (TPSA) is 12.9 Å². The first-order chi connectivity index (χ1) is 9.74.